The first-order chi connectivity index (χ1) is 26.0. The number of ether oxygens (including phenoxy) is 3. The Morgan fingerprint density at radius 1 is 0.396 bits per heavy atom. The highest BCUT2D eigenvalue weighted by atomic mass is 16.6. The molecule has 0 aromatic heterocycles. The molecule has 0 heterocycles. The molecule has 0 aliphatic carbocycles. The van der Waals surface area contributed by atoms with Gasteiger partial charge in [-0.1, -0.05) is 166 Å². The number of hydrogen-bond donors (Lipinski definition) is 0. The van der Waals surface area contributed by atoms with Crippen LogP contribution in [-0.2, 0) is 28.6 Å². The van der Waals surface area contributed by atoms with Crippen molar-refractivity contribution >= 4 is 17.9 Å². The molecule has 6 nitrogen and oxygen atoms in total. The molecule has 0 aliphatic rings. The molecule has 0 aromatic rings. The highest BCUT2D eigenvalue weighted by Crippen LogP contribution is 2.13. The predicted octanol–water partition coefficient (Wildman–Crippen LogP) is 14.0. The van der Waals surface area contributed by atoms with Crippen molar-refractivity contribution in [3.63, 3.8) is 0 Å². The molecule has 0 aliphatic heterocycles. The van der Waals surface area contributed by atoms with Crippen molar-refractivity contribution in [2.75, 3.05) is 13.2 Å². The van der Waals surface area contributed by atoms with Crippen molar-refractivity contribution < 1.29 is 28.6 Å². The van der Waals surface area contributed by atoms with Gasteiger partial charge in [0.05, 0.1) is 0 Å². The molecular formula is C47H82O6. The van der Waals surface area contributed by atoms with Gasteiger partial charge < -0.3 is 14.2 Å². The number of allylic oxidation sites excluding steroid dienone is 8. The number of carbonyl (C=O) groups excluding carboxylic acids is 3. The molecule has 0 saturated carbocycles. The third kappa shape index (κ3) is 40.4. The molecule has 0 aromatic carbocycles. The zero-order valence-corrected chi connectivity index (χ0v) is 34.8. The molecule has 0 radical (unpaired) electrons. The van der Waals surface area contributed by atoms with Gasteiger partial charge in [-0.25, -0.2) is 0 Å². The summed E-state index contributed by atoms with van der Waals surface area (Å²) in [4.78, 5) is 37.5. The molecule has 0 amide bonds. The van der Waals surface area contributed by atoms with Gasteiger partial charge in [0.2, 0.25) is 0 Å². The van der Waals surface area contributed by atoms with Crippen LogP contribution in [0.3, 0.4) is 0 Å². The van der Waals surface area contributed by atoms with Gasteiger partial charge in [-0.2, -0.15) is 0 Å². The van der Waals surface area contributed by atoms with E-state index in [1.807, 2.05) is 0 Å². The Hall–Kier alpha value is -2.63. The fraction of sp³-hybridized carbons (Fsp3) is 0.766. The van der Waals surface area contributed by atoms with Crippen LogP contribution in [0.25, 0.3) is 0 Å². The Kier molecular flexibility index (Phi) is 40.0. The average Bonchev–Trinajstić information content (AvgIpc) is 3.15. The van der Waals surface area contributed by atoms with Crippen LogP contribution in [0.1, 0.15) is 213 Å². The lowest BCUT2D eigenvalue weighted by Crippen LogP contribution is -2.30. The third-order valence-corrected chi connectivity index (χ3v) is 9.32. The van der Waals surface area contributed by atoms with E-state index in [0.717, 1.165) is 89.9 Å². The fourth-order valence-corrected chi connectivity index (χ4v) is 5.98. The quantitative estimate of drug-likeness (QED) is 0.0270. The second-order valence-corrected chi connectivity index (χ2v) is 14.6. The number of carbonyl (C=O) groups is 3. The number of hydrogen-bond acceptors (Lipinski definition) is 6. The van der Waals surface area contributed by atoms with Gasteiger partial charge in [-0.15, -0.1) is 0 Å². The number of rotatable bonds is 39. The smallest absolute Gasteiger partial charge is 0.306 e. The van der Waals surface area contributed by atoms with E-state index in [1.54, 1.807) is 0 Å². The Morgan fingerprint density at radius 3 is 1.19 bits per heavy atom. The van der Waals surface area contributed by atoms with Crippen molar-refractivity contribution in [3.05, 3.63) is 48.6 Å². The van der Waals surface area contributed by atoms with Gasteiger partial charge >= 0.3 is 17.9 Å². The Balaban J connectivity index is 4.32. The van der Waals surface area contributed by atoms with Crippen LogP contribution in [0.5, 0.6) is 0 Å². The summed E-state index contributed by atoms with van der Waals surface area (Å²) in [5.74, 6) is -0.938. The minimum Gasteiger partial charge on any atom is -0.462 e. The average molecular weight is 743 g/mol. The molecule has 0 bridgehead atoms. The first-order valence-corrected chi connectivity index (χ1v) is 22.1. The van der Waals surface area contributed by atoms with E-state index in [1.165, 1.54) is 83.5 Å². The van der Waals surface area contributed by atoms with Crippen molar-refractivity contribution in [1.29, 1.82) is 0 Å². The summed E-state index contributed by atoms with van der Waals surface area (Å²) >= 11 is 0. The highest BCUT2D eigenvalue weighted by Gasteiger charge is 2.19. The van der Waals surface area contributed by atoms with Crippen molar-refractivity contribution in [1.82, 2.24) is 0 Å². The standard InChI is InChI=1S/C47H82O6/c1-4-7-10-13-16-18-20-22-23-24-26-27-29-31-34-37-40-46(49)52-43-44(42-51-45(48)39-36-33-15-12-9-6-3)53-47(50)41-38-35-32-30-28-25-21-19-17-14-11-8-5-2/h8,11,17,19,23-25,28,44H,4-7,9-10,12-16,18,20-22,26-27,29-43H2,1-3H3/b11-8-,19-17-,24-23-,28-25-. The zero-order chi connectivity index (χ0) is 38.7. The molecule has 0 fully saturated rings. The molecule has 0 N–H and O–H groups in total. The monoisotopic (exact) mass is 743 g/mol. The lowest BCUT2D eigenvalue weighted by atomic mass is 10.1. The van der Waals surface area contributed by atoms with Gasteiger partial charge in [-0.05, 0) is 77.0 Å². The lowest BCUT2D eigenvalue weighted by Gasteiger charge is -2.18. The van der Waals surface area contributed by atoms with Crippen LogP contribution in [0.15, 0.2) is 48.6 Å². The first-order valence-electron chi connectivity index (χ1n) is 22.1. The largest absolute Gasteiger partial charge is 0.462 e. The van der Waals surface area contributed by atoms with Gasteiger partial charge in [0.15, 0.2) is 6.10 Å². The van der Waals surface area contributed by atoms with Crippen LogP contribution in [0.2, 0.25) is 0 Å². The highest BCUT2D eigenvalue weighted by molar-refractivity contribution is 5.71. The Labute approximate surface area is 327 Å². The van der Waals surface area contributed by atoms with Crippen LogP contribution < -0.4 is 0 Å². The molecule has 53 heavy (non-hydrogen) atoms. The lowest BCUT2D eigenvalue weighted by molar-refractivity contribution is -0.167. The van der Waals surface area contributed by atoms with Gasteiger partial charge in [-0.3, -0.25) is 14.4 Å². The van der Waals surface area contributed by atoms with E-state index in [0.29, 0.717) is 19.3 Å². The molecule has 1 atom stereocenters. The number of unbranched alkanes of at least 4 members (excludes halogenated alkanes) is 20. The topological polar surface area (TPSA) is 78.9 Å². The summed E-state index contributed by atoms with van der Waals surface area (Å²) in [7, 11) is 0. The van der Waals surface area contributed by atoms with Gasteiger partial charge in [0, 0.05) is 19.3 Å². The second-order valence-electron chi connectivity index (χ2n) is 14.6. The molecule has 0 saturated heterocycles. The van der Waals surface area contributed by atoms with Crippen LogP contribution in [0, 0.1) is 0 Å². The van der Waals surface area contributed by atoms with Crippen LogP contribution in [0.4, 0.5) is 0 Å². The molecule has 306 valence electrons. The van der Waals surface area contributed by atoms with Crippen molar-refractivity contribution in [3.8, 4) is 0 Å². The van der Waals surface area contributed by atoms with E-state index in [-0.39, 0.29) is 31.1 Å². The third-order valence-electron chi connectivity index (χ3n) is 9.32. The Bertz CT molecular complexity index is 949. The van der Waals surface area contributed by atoms with E-state index < -0.39 is 6.10 Å². The van der Waals surface area contributed by atoms with Crippen LogP contribution in [-0.4, -0.2) is 37.2 Å². The summed E-state index contributed by atoms with van der Waals surface area (Å²) < 4.78 is 16.6. The Morgan fingerprint density at radius 2 is 0.736 bits per heavy atom. The maximum Gasteiger partial charge on any atom is 0.306 e. The van der Waals surface area contributed by atoms with E-state index in [9.17, 15) is 14.4 Å². The SMILES string of the molecule is CC/C=C\C/C=C\C/C=C\CCCCCC(=O)OC(COC(=O)CCCCCCCC)COC(=O)CCCCCCC/C=C\CCCCCCCCC. The minimum atomic E-state index is -0.785. The van der Waals surface area contributed by atoms with E-state index in [2.05, 4.69) is 69.4 Å². The summed E-state index contributed by atoms with van der Waals surface area (Å²) in [5.41, 5.74) is 0. The maximum absolute atomic E-state index is 12.6. The minimum absolute atomic E-state index is 0.0880. The molecule has 0 spiro atoms. The van der Waals surface area contributed by atoms with Gasteiger partial charge in [0.1, 0.15) is 13.2 Å². The summed E-state index contributed by atoms with van der Waals surface area (Å²) in [6, 6.07) is 0. The molecule has 0 rings (SSSR count). The van der Waals surface area contributed by atoms with Crippen molar-refractivity contribution in [2.45, 2.75) is 219 Å². The van der Waals surface area contributed by atoms with E-state index in [4.69, 9.17) is 14.2 Å². The number of esters is 3. The summed E-state index contributed by atoms with van der Waals surface area (Å²) in [6.07, 6.45) is 48.3. The van der Waals surface area contributed by atoms with Crippen LogP contribution >= 0.6 is 0 Å². The predicted molar refractivity (Wildman–Crippen MR) is 224 cm³/mol. The second kappa shape index (κ2) is 42.1. The molecule has 1 unspecified atom stereocenters. The normalized spacial score (nSPS) is 12.4. The van der Waals surface area contributed by atoms with Crippen molar-refractivity contribution in [2.24, 2.45) is 0 Å². The zero-order valence-electron chi connectivity index (χ0n) is 34.8. The first kappa shape index (κ1) is 50.4. The molecular weight excluding hydrogens is 661 g/mol. The summed E-state index contributed by atoms with van der Waals surface area (Å²) in [6.45, 7) is 6.41. The maximum atomic E-state index is 12.6. The van der Waals surface area contributed by atoms with Gasteiger partial charge in [0.25, 0.3) is 0 Å². The summed E-state index contributed by atoms with van der Waals surface area (Å²) in [5, 5.41) is 0. The fourth-order valence-electron chi connectivity index (χ4n) is 5.98. The molecule has 6 heteroatoms. The van der Waals surface area contributed by atoms with E-state index >= 15 is 0 Å².